The predicted molar refractivity (Wildman–Crippen MR) is 112 cm³/mol. The van der Waals surface area contributed by atoms with Gasteiger partial charge in [0, 0.05) is 18.0 Å². The van der Waals surface area contributed by atoms with Gasteiger partial charge in [-0.05, 0) is 37.6 Å². The van der Waals surface area contributed by atoms with E-state index in [1.165, 1.54) is 12.1 Å². The SMILES string of the molecule is Cc1nc2cc(F)cc(C(=O)NCC(C)(C)c3ccc4c(c3)OCCO4)c2nc1C. The van der Waals surface area contributed by atoms with Crippen molar-refractivity contribution in [2.24, 2.45) is 0 Å². The quantitative estimate of drug-likeness (QED) is 0.708. The Labute approximate surface area is 174 Å². The highest BCUT2D eigenvalue weighted by atomic mass is 19.1. The van der Waals surface area contributed by atoms with Crippen LogP contribution >= 0.6 is 0 Å². The molecule has 1 amide bonds. The lowest BCUT2D eigenvalue weighted by molar-refractivity contribution is 0.0946. The molecule has 1 N–H and O–H groups in total. The third-order valence-corrected chi connectivity index (χ3v) is 5.41. The first-order valence-electron chi connectivity index (χ1n) is 9.87. The largest absolute Gasteiger partial charge is 0.486 e. The van der Waals surface area contributed by atoms with Crippen molar-refractivity contribution in [3.63, 3.8) is 0 Å². The molecule has 0 saturated heterocycles. The molecule has 1 aromatic heterocycles. The van der Waals surface area contributed by atoms with E-state index < -0.39 is 5.82 Å². The first-order chi connectivity index (χ1) is 14.2. The predicted octanol–water partition coefficient (Wildman–Crippen LogP) is 3.86. The average Bonchev–Trinajstić information content (AvgIpc) is 2.72. The lowest BCUT2D eigenvalue weighted by atomic mass is 9.84. The number of fused-ring (bicyclic) bond motifs is 2. The Morgan fingerprint density at radius 2 is 1.77 bits per heavy atom. The zero-order valence-corrected chi connectivity index (χ0v) is 17.5. The second-order valence-corrected chi connectivity index (χ2v) is 8.14. The molecule has 2 heterocycles. The summed E-state index contributed by atoms with van der Waals surface area (Å²) < 4.78 is 25.4. The van der Waals surface area contributed by atoms with Crippen molar-refractivity contribution in [3.05, 3.63) is 58.7 Å². The molecule has 1 aliphatic heterocycles. The van der Waals surface area contributed by atoms with Crippen LogP contribution in [0.1, 0.15) is 41.2 Å². The van der Waals surface area contributed by atoms with Crippen molar-refractivity contribution < 1.29 is 18.7 Å². The zero-order chi connectivity index (χ0) is 21.5. The number of hydrogen-bond acceptors (Lipinski definition) is 5. The van der Waals surface area contributed by atoms with Gasteiger partial charge in [0.1, 0.15) is 24.5 Å². The Bertz CT molecular complexity index is 1140. The maximum atomic E-state index is 14.1. The van der Waals surface area contributed by atoms with Gasteiger partial charge in [0.05, 0.1) is 22.5 Å². The van der Waals surface area contributed by atoms with Crippen molar-refractivity contribution in [1.29, 1.82) is 0 Å². The number of nitrogens with zero attached hydrogens (tertiary/aromatic N) is 2. The van der Waals surface area contributed by atoms with Crippen LogP contribution < -0.4 is 14.8 Å². The summed E-state index contributed by atoms with van der Waals surface area (Å²) in [7, 11) is 0. The smallest absolute Gasteiger partial charge is 0.253 e. The van der Waals surface area contributed by atoms with E-state index >= 15 is 0 Å². The van der Waals surface area contributed by atoms with Crippen LogP contribution in [-0.2, 0) is 5.41 Å². The second-order valence-electron chi connectivity index (χ2n) is 8.14. The number of rotatable bonds is 4. The molecule has 0 spiro atoms. The highest BCUT2D eigenvalue weighted by Crippen LogP contribution is 2.35. The molecule has 0 bridgehead atoms. The van der Waals surface area contributed by atoms with Crippen LogP contribution in [0.3, 0.4) is 0 Å². The van der Waals surface area contributed by atoms with Gasteiger partial charge in [-0.1, -0.05) is 19.9 Å². The average molecular weight is 409 g/mol. The molecule has 0 atom stereocenters. The lowest BCUT2D eigenvalue weighted by Crippen LogP contribution is -2.37. The van der Waals surface area contributed by atoms with Gasteiger partial charge in [0.15, 0.2) is 11.5 Å². The molecule has 30 heavy (non-hydrogen) atoms. The fourth-order valence-electron chi connectivity index (χ4n) is 3.43. The molecule has 7 heteroatoms. The lowest BCUT2D eigenvalue weighted by Gasteiger charge is -2.28. The van der Waals surface area contributed by atoms with E-state index in [0.29, 0.717) is 47.9 Å². The first kappa shape index (κ1) is 20.1. The maximum absolute atomic E-state index is 14.1. The van der Waals surface area contributed by atoms with Crippen LogP contribution in [-0.4, -0.2) is 35.6 Å². The van der Waals surface area contributed by atoms with Gasteiger partial charge in [-0.2, -0.15) is 0 Å². The van der Waals surface area contributed by atoms with E-state index in [9.17, 15) is 9.18 Å². The second kappa shape index (κ2) is 7.55. The van der Waals surface area contributed by atoms with Crippen LogP contribution in [0, 0.1) is 19.7 Å². The number of aryl methyl sites for hydroxylation is 2. The van der Waals surface area contributed by atoms with Crippen molar-refractivity contribution in [1.82, 2.24) is 15.3 Å². The summed E-state index contributed by atoms with van der Waals surface area (Å²) in [4.78, 5) is 21.8. The van der Waals surface area contributed by atoms with Crippen LogP contribution in [0.4, 0.5) is 4.39 Å². The van der Waals surface area contributed by atoms with E-state index in [2.05, 4.69) is 15.3 Å². The zero-order valence-electron chi connectivity index (χ0n) is 17.5. The molecule has 156 valence electrons. The summed E-state index contributed by atoms with van der Waals surface area (Å²) >= 11 is 0. The monoisotopic (exact) mass is 409 g/mol. The Hall–Kier alpha value is -3.22. The van der Waals surface area contributed by atoms with Gasteiger partial charge in [0.2, 0.25) is 0 Å². The molecule has 2 aromatic carbocycles. The number of benzene rings is 2. The highest BCUT2D eigenvalue weighted by molar-refractivity contribution is 6.04. The molecule has 0 saturated carbocycles. The minimum atomic E-state index is -0.517. The number of halogens is 1. The van der Waals surface area contributed by atoms with Gasteiger partial charge in [-0.25, -0.2) is 14.4 Å². The summed E-state index contributed by atoms with van der Waals surface area (Å²) in [5, 5.41) is 2.93. The van der Waals surface area contributed by atoms with Gasteiger partial charge in [-0.3, -0.25) is 4.79 Å². The third-order valence-electron chi connectivity index (χ3n) is 5.41. The molecule has 1 aliphatic rings. The van der Waals surface area contributed by atoms with Crippen molar-refractivity contribution >= 4 is 16.9 Å². The minimum absolute atomic E-state index is 0.179. The number of carbonyl (C=O) groups is 1. The van der Waals surface area contributed by atoms with E-state index in [-0.39, 0.29) is 16.9 Å². The Morgan fingerprint density at radius 3 is 2.53 bits per heavy atom. The molecule has 4 rings (SSSR count). The van der Waals surface area contributed by atoms with Crippen LogP contribution in [0.2, 0.25) is 0 Å². The summed E-state index contributed by atoms with van der Waals surface area (Å²) in [6.45, 7) is 9.07. The Balaban J connectivity index is 1.58. The summed E-state index contributed by atoms with van der Waals surface area (Å²) in [5.74, 6) is 0.523. The number of carbonyl (C=O) groups excluding carboxylic acids is 1. The molecular weight excluding hydrogens is 385 g/mol. The normalized spacial score (nSPS) is 13.4. The maximum Gasteiger partial charge on any atom is 0.253 e. The standard InChI is InChI=1S/C23H24FN3O3/c1-13-14(2)27-21-17(10-16(24)11-18(21)26-13)22(28)25-12-23(3,4)15-5-6-19-20(9-15)30-8-7-29-19/h5-6,9-11H,7-8,12H2,1-4H3,(H,25,28). The molecule has 0 radical (unpaired) electrons. The number of amides is 1. The van der Waals surface area contributed by atoms with Gasteiger partial charge in [-0.15, -0.1) is 0 Å². The number of ether oxygens (including phenoxy) is 2. The molecule has 3 aromatic rings. The molecule has 0 unspecified atom stereocenters. The number of nitrogens with one attached hydrogen (secondary N) is 1. The van der Waals surface area contributed by atoms with Crippen LogP contribution in [0.15, 0.2) is 30.3 Å². The Kier molecular flexibility index (Phi) is 5.05. The van der Waals surface area contributed by atoms with Gasteiger partial charge in [0.25, 0.3) is 5.91 Å². The number of aromatic nitrogens is 2. The first-order valence-corrected chi connectivity index (χ1v) is 9.87. The van der Waals surface area contributed by atoms with Crippen molar-refractivity contribution in [2.45, 2.75) is 33.1 Å². The van der Waals surface area contributed by atoms with Crippen LogP contribution in [0.5, 0.6) is 11.5 Å². The molecule has 6 nitrogen and oxygen atoms in total. The molecule has 0 fully saturated rings. The summed E-state index contributed by atoms with van der Waals surface area (Å²) in [6, 6.07) is 8.29. The van der Waals surface area contributed by atoms with Crippen molar-refractivity contribution in [2.75, 3.05) is 19.8 Å². The van der Waals surface area contributed by atoms with E-state index in [1.54, 1.807) is 0 Å². The fraction of sp³-hybridized carbons (Fsp3) is 0.348. The van der Waals surface area contributed by atoms with E-state index in [0.717, 1.165) is 11.3 Å². The van der Waals surface area contributed by atoms with Crippen LogP contribution in [0.25, 0.3) is 11.0 Å². The topological polar surface area (TPSA) is 73.3 Å². The number of hydrogen-bond donors (Lipinski definition) is 1. The molecule has 0 aliphatic carbocycles. The van der Waals surface area contributed by atoms with Gasteiger partial charge >= 0.3 is 0 Å². The van der Waals surface area contributed by atoms with Crippen molar-refractivity contribution in [3.8, 4) is 11.5 Å². The molecular formula is C23H24FN3O3. The van der Waals surface area contributed by atoms with E-state index in [1.807, 2.05) is 45.9 Å². The highest BCUT2D eigenvalue weighted by Gasteiger charge is 2.25. The van der Waals surface area contributed by atoms with E-state index in [4.69, 9.17) is 9.47 Å². The fourth-order valence-corrected chi connectivity index (χ4v) is 3.43. The summed E-state index contributed by atoms with van der Waals surface area (Å²) in [5.41, 5.74) is 2.98. The van der Waals surface area contributed by atoms with Gasteiger partial charge < -0.3 is 14.8 Å². The minimum Gasteiger partial charge on any atom is -0.486 e. The Morgan fingerprint density at radius 1 is 1.07 bits per heavy atom. The third kappa shape index (κ3) is 3.79. The summed E-state index contributed by atoms with van der Waals surface area (Å²) in [6.07, 6.45) is 0.